The largest absolute Gasteiger partial charge is 0.350 e. The lowest BCUT2D eigenvalue weighted by Crippen LogP contribution is -2.40. The van der Waals surface area contributed by atoms with Gasteiger partial charge in [-0.25, -0.2) is 8.42 Å². The number of carbonyl (C=O) groups is 1. The van der Waals surface area contributed by atoms with Gasteiger partial charge in [-0.15, -0.1) is 4.83 Å². The average molecular weight is 355 g/mol. The number of benzene rings is 2. The zero-order valence-electron chi connectivity index (χ0n) is 13.5. The molecule has 0 radical (unpaired) electrons. The van der Waals surface area contributed by atoms with Crippen molar-refractivity contribution in [2.75, 3.05) is 0 Å². The molecule has 2 aromatic carbocycles. The predicted octanol–water partition coefficient (Wildman–Crippen LogP) is 2.41. The summed E-state index contributed by atoms with van der Waals surface area (Å²) in [5, 5.41) is 1.76. The molecule has 0 aliphatic carbocycles. The van der Waals surface area contributed by atoms with Gasteiger partial charge in [0.15, 0.2) is 0 Å². The third kappa shape index (κ3) is 3.96. The smallest absolute Gasteiger partial charge is 0.268 e. The molecular weight excluding hydrogens is 338 g/mol. The Morgan fingerprint density at radius 1 is 1.04 bits per heavy atom. The second-order valence-electron chi connectivity index (χ2n) is 5.49. The van der Waals surface area contributed by atoms with E-state index in [1.54, 1.807) is 18.3 Å². The number of sulfonamides is 1. The van der Waals surface area contributed by atoms with Crippen LogP contribution in [0, 0.1) is 0 Å². The van der Waals surface area contributed by atoms with E-state index in [2.05, 4.69) is 10.3 Å². The topological polar surface area (TPSA) is 80.2 Å². The number of para-hydroxylation sites is 1. The van der Waals surface area contributed by atoms with Gasteiger partial charge in [0.1, 0.15) is 0 Å². The SMILES string of the molecule is Cn1cc(C(=O)NNS(=O)(=O)/C=C/c2ccccc2)c2ccccc21. The number of hydrogen-bond donors (Lipinski definition) is 2. The molecule has 2 N–H and O–H groups in total. The summed E-state index contributed by atoms with van der Waals surface area (Å²) in [6, 6.07) is 16.4. The number of nitrogens with one attached hydrogen (secondary N) is 2. The zero-order valence-corrected chi connectivity index (χ0v) is 14.3. The molecule has 0 saturated heterocycles. The van der Waals surface area contributed by atoms with Crippen LogP contribution < -0.4 is 10.3 Å². The second-order valence-corrected chi connectivity index (χ2v) is 7.05. The van der Waals surface area contributed by atoms with Gasteiger partial charge in [-0.05, 0) is 17.7 Å². The first kappa shape index (κ1) is 16.9. The summed E-state index contributed by atoms with van der Waals surface area (Å²) in [5.41, 5.74) is 4.27. The van der Waals surface area contributed by atoms with Crippen molar-refractivity contribution in [3.8, 4) is 0 Å². The Kier molecular flexibility index (Phi) is 4.69. The van der Waals surface area contributed by atoms with E-state index in [-0.39, 0.29) is 0 Å². The van der Waals surface area contributed by atoms with Crippen molar-refractivity contribution in [3.63, 3.8) is 0 Å². The third-order valence-electron chi connectivity index (χ3n) is 3.69. The monoisotopic (exact) mass is 355 g/mol. The highest BCUT2D eigenvalue weighted by molar-refractivity contribution is 7.92. The van der Waals surface area contributed by atoms with Crippen LogP contribution in [0.3, 0.4) is 0 Å². The van der Waals surface area contributed by atoms with Crippen LogP contribution in [0.1, 0.15) is 15.9 Å². The number of carbonyl (C=O) groups excluding carboxylic acids is 1. The summed E-state index contributed by atoms with van der Waals surface area (Å²) >= 11 is 0. The minimum Gasteiger partial charge on any atom is -0.350 e. The Bertz CT molecular complexity index is 1040. The summed E-state index contributed by atoms with van der Waals surface area (Å²) in [6.45, 7) is 0. The number of amides is 1. The molecule has 1 amide bonds. The standard InChI is InChI=1S/C18H17N3O3S/c1-21-13-16(15-9-5-6-10-17(15)21)18(22)19-20-25(23,24)12-11-14-7-3-2-4-8-14/h2-13,20H,1H3,(H,19,22)/b12-11+. The molecule has 0 unspecified atom stereocenters. The summed E-state index contributed by atoms with van der Waals surface area (Å²) < 4.78 is 25.8. The first-order chi connectivity index (χ1) is 12.0. The molecule has 0 bridgehead atoms. The Hall–Kier alpha value is -2.90. The normalized spacial score (nSPS) is 11.9. The summed E-state index contributed by atoms with van der Waals surface area (Å²) in [4.78, 5) is 14.4. The van der Waals surface area contributed by atoms with Crippen LogP contribution in [0.4, 0.5) is 0 Å². The van der Waals surface area contributed by atoms with E-state index < -0.39 is 15.9 Å². The van der Waals surface area contributed by atoms with Gasteiger partial charge in [-0.1, -0.05) is 48.5 Å². The van der Waals surface area contributed by atoms with E-state index in [1.807, 2.05) is 54.1 Å². The van der Waals surface area contributed by atoms with E-state index in [9.17, 15) is 13.2 Å². The van der Waals surface area contributed by atoms with Crippen molar-refractivity contribution < 1.29 is 13.2 Å². The van der Waals surface area contributed by atoms with Gasteiger partial charge < -0.3 is 4.57 Å². The van der Waals surface area contributed by atoms with Gasteiger partial charge in [-0.3, -0.25) is 10.2 Å². The Balaban J connectivity index is 1.72. The second kappa shape index (κ2) is 6.92. The van der Waals surface area contributed by atoms with Crippen molar-refractivity contribution in [2.45, 2.75) is 0 Å². The van der Waals surface area contributed by atoms with Gasteiger partial charge in [0.2, 0.25) is 0 Å². The quantitative estimate of drug-likeness (QED) is 0.690. The Morgan fingerprint density at radius 2 is 1.72 bits per heavy atom. The molecule has 0 aliphatic heterocycles. The van der Waals surface area contributed by atoms with E-state index in [0.717, 1.165) is 21.9 Å². The van der Waals surface area contributed by atoms with Crippen LogP contribution in [0.5, 0.6) is 0 Å². The maximum absolute atomic E-state index is 12.3. The van der Waals surface area contributed by atoms with Gasteiger partial charge in [-0.2, -0.15) is 0 Å². The maximum Gasteiger partial charge on any atom is 0.268 e. The number of nitrogens with zero attached hydrogens (tertiary/aromatic N) is 1. The van der Waals surface area contributed by atoms with Crippen LogP contribution in [-0.2, 0) is 17.1 Å². The molecule has 1 aromatic heterocycles. The third-order valence-corrected chi connectivity index (χ3v) is 4.57. The maximum atomic E-state index is 12.3. The molecule has 6 nitrogen and oxygen atoms in total. The zero-order chi connectivity index (χ0) is 17.9. The molecule has 7 heteroatoms. The summed E-state index contributed by atoms with van der Waals surface area (Å²) in [5.74, 6) is -0.520. The lowest BCUT2D eigenvalue weighted by molar-refractivity contribution is 0.0947. The van der Waals surface area contributed by atoms with E-state index in [4.69, 9.17) is 0 Å². The molecule has 0 saturated carbocycles. The Morgan fingerprint density at radius 3 is 2.48 bits per heavy atom. The minimum atomic E-state index is -3.80. The van der Waals surface area contributed by atoms with Gasteiger partial charge in [0, 0.05) is 29.6 Å². The molecule has 25 heavy (non-hydrogen) atoms. The van der Waals surface area contributed by atoms with Crippen molar-refractivity contribution in [1.82, 2.24) is 14.8 Å². The highest BCUT2D eigenvalue weighted by Gasteiger charge is 2.15. The van der Waals surface area contributed by atoms with Crippen molar-refractivity contribution >= 4 is 32.9 Å². The number of rotatable bonds is 5. The fourth-order valence-electron chi connectivity index (χ4n) is 2.47. The lowest BCUT2D eigenvalue weighted by atomic mass is 10.2. The molecule has 0 fully saturated rings. The number of fused-ring (bicyclic) bond motifs is 1. The number of aromatic nitrogens is 1. The molecule has 3 rings (SSSR count). The Labute approximate surface area is 145 Å². The number of aryl methyl sites for hydroxylation is 1. The van der Waals surface area contributed by atoms with Crippen molar-refractivity contribution in [2.24, 2.45) is 7.05 Å². The van der Waals surface area contributed by atoms with Crippen molar-refractivity contribution in [1.29, 1.82) is 0 Å². The molecule has 3 aromatic rings. The van der Waals surface area contributed by atoms with Crippen LogP contribution in [-0.4, -0.2) is 18.9 Å². The number of hydrogen-bond acceptors (Lipinski definition) is 3. The fourth-order valence-corrected chi connectivity index (χ4v) is 3.11. The summed E-state index contributed by atoms with van der Waals surface area (Å²) in [6.07, 6.45) is 3.11. The van der Waals surface area contributed by atoms with E-state index in [1.165, 1.54) is 6.08 Å². The first-order valence-electron chi connectivity index (χ1n) is 7.56. The van der Waals surface area contributed by atoms with Crippen LogP contribution in [0.2, 0.25) is 0 Å². The fraction of sp³-hybridized carbons (Fsp3) is 0.0556. The van der Waals surface area contributed by atoms with Gasteiger partial charge in [0.05, 0.1) is 5.56 Å². The van der Waals surface area contributed by atoms with E-state index >= 15 is 0 Å². The van der Waals surface area contributed by atoms with Crippen LogP contribution in [0.25, 0.3) is 17.0 Å². The summed E-state index contributed by atoms with van der Waals surface area (Å²) in [7, 11) is -1.97. The molecule has 128 valence electrons. The molecule has 1 heterocycles. The molecule has 0 aliphatic rings. The van der Waals surface area contributed by atoms with E-state index in [0.29, 0.717) is 5.56 Å². The molecule has 0 spiro atoms. The predicted molar refractivity (Wildman–Crippen MR) is 97.9 cm³/mol. The highest BCUT2D eigenvalue weighted by atomic mass is 32.2. The van der Waals surface area contributed by atoms with Gasteiger partial charge in [0.25, 0.3) is 15.9 Å². The molecule has 0 atom stereocenters. The van der Waals surface area contributed by atoms with Crippen LogP contribution in [0.15, 0.2) is 66.2 Å². The number of hydrazine groups is 1. The highest BCUT2D eigenvalue weighted by Crippen LogP contribution is 2.19. The molecular formula is C18H17N3O3S. The van der Waals surface area contributed by atoms with Gasteiger partial charge >= 0.3 is 0 Å². The minimum absolute atomic E-state index is 0.396. The lowest BCUT2D eigenvalue weighted by Gasteiger charge is -2.05. The first-order valence-corrected chi connectivity index (χ1v) is 9.10. The van der Waals surface area contributed by atoms with Crippen molar-refractivity contribution in [3.05, 3.63) is 77.3 Å². The average Bonchev–Trinajstić information content (AvgIpc) is 2.96. The van der Waals surface area contributed by atoms with Crippen LogP contribution >= 0.6 is 0 Å².